The maximum Gasteiger partial charge on any atom is 0.261 e. The van der Waals surface area contributed by atoms with E-state index in [1.807, 2.05) is 31.2 Å². The number of nitrogens with one attached hydrogen (secondary N) is 1. The van der Waals surface area contributed by atoms with Crippen LogP contribution in [0.3, 0.4) is 0 Å². The Bertz CT molecular complexity index is 1280. The number of carbonyl (C=O) groups excluding carboxylic acids is 1. The van der Waals surface area contributed by atoms with E-state index >= 15 is 0 Å². The van der Waals surface area contributed by atoms with Crippen LogP contribution < -0.4 is 10.9 Å². The summed E-state index contributed by atoms with van der Waals surface area (Å²) < 4.78 is 1.48. The predicted octanol–water partition coefficient (Wildman–Crippen LogP) is 3.84. The number of hydrogen-bond acceptors (Lipinski definition) is 5. The maximum absolute atomic E-state index is 12.5. The van der Waals surface area contributed by atoms with E-state index in [1.165, 1.54) is 16.5 Å². The maximum atomic E-state index is 12.5. The Hall–Kier alpha value is -3.32. The van der Waals surface area contributed by atoms with Gasteiger partial charge in [0.15, 0.2) is 0 Å². The van der Waals surface area contributed by atoms with E-state index in [0.717, 1.165) is 21.1 Å². The van der Waals surface area contributed by atoms with Gasteiger partial charge >= 0.3 is 0 Å². The van der Waals surface area contributed by atoms with Gasteiger partial charge in [-0.05, 0) is 31.5 Å². The molecule has 0 aliphatic heterocycles. The van der Waals surface area contributed by atoms with Crippen LogP contribution in [0.15, 0.2) is 59.7 Å². The fourth-order valence-electron chi connectivity index (χ4n) is 3.27. The summed E-state index contributed by atoms with van der Waals surface area (Å²) in [6.45, 7) is 4.74. The van der Waals surface area contributed by atoms with Gasteiger partial charge in [0.1, 0.15) is 5.01 Å². The smallest absolute Gasteiger partial charge is 0.261 e. The van der Waals surface area contributed by atoms with E-state index in [2.05, 4.69) is 34.3 Å². The predicted molar refractivity (Wildman–Crippen MR) is 119 cm³/mol. The number of amides is 1. The van der Waals surface area contributed by atoms with Crippen LogP contribution in [0.1, 0.15) is 22.6 Å². The summed E-state index contributed by atoms with van der Waals surface area (Å²) in [7, 11) is 0. The molecule has 4 rings (SSSR count). The van der Waals surface area contributed by atoms with Gasteiger partial charge in [-0.3, -0.25) is 14.2 Å². The minimum Gasteiger partial charge on any atom is -0.351 e. The Morgan fingerprint density at radius 3 is 2.70 bits per heavy atom. The monoisotopic (exact) mass is 418 g/mol. The molecule has 0 bridgehead atoms. The second-order valence-corrected chi connectivity index (χ2v) is 8.21. The summed E-state index contributed by atoms with van der Waals surface area (Å²) in [5.41, 5.74) is 3.75. The number of benzene rings is 2. The van der Waals surface area contributed by atoms with Crippen molar-refractivity contribution in [3.05, 3.63) is 81.3 Å². The molecule has 1 N–H and O–H groups in total. The van der Waals surface area contributed by atoms with Gasteiger partial charge in [-0.1, -0.05) is 36.4 Å². The number of hydrogen-bond donors (Lipinski definition) is 1. The van der Waals surface area contributed by atoms with Crippen molar-refractivity contribution in [2.45, 2.75) is 33.4 Å². The first-order valence-electron chi connectivity index (χ1n) is 9.76. The zero-order chi connectivity index (χ0) is 21.1. The van der Waals surface area contributed by atoms with Gasteiger partial charge in [-0.2, -0.15) is 0 Å². The van der Waals surface area contributed by atoms with Crippen molar-refractivity contribution in [3.63, 3.8) is 0 Å². The van der Waals surface area contributed by atoms with Crippen LogP contribution in [0.5, 0.6) is 0 Å². The van der Waals surface area contributed by atoms with Crippen molar-refractivity contribution < 1.29 is 4.79 Å². The van der Waals surface area contributed by atoms with Crippen molar-refractivity contribution in [1.82, 2.24) is 19.9 Å². The zero-order valence-corrected chi connectivity index (χ0v) is 17.7. The van der Waals surface area contributed by atoms with Gasteiger partial charge in [-0.25, -0.2) is 9.97 Å². The molecule has 1 amide bonds. The highest BCUT2D eigenvalue weighted by molar-refractivity contribution is 7.15. The average Bonchev–Trinajstić information content (AvgIpc) is 3.12. The van der Waals surface area contributed by atoms with Gasteiger partial charge in [0.25, 0.3) is 5.56 Å². The molecule has 6 nitrogen and oxygen atoms in total. The largest absolute Gasteiger partial charge is 0.351 e. The molecule has 0 spiro atoms. The van der Waals surface area contributed by atoms with E-state index in [4.69, 9.17) is 0 Å². The third-order valence-corrected chi connectivity index (χ3v) is 6.22. The summed E-state index contributed by atoms with van der Waals surface area (Å²) in [4.78, 5) is 34.8. The molecule has 2 heterocycles. The average molecular weight is 419 g/mol. The third-order valence-electron chi connectivity index (χ3n) is 5.03. The van der Waals surface area contributed by atoms with Crippen LogP contribution in [0.2, 0.25) is 0 Å². The summed E-state index contributed by atoms with van der Waals surface area (Å²) in [5.74, 6) is -0.111. The summed E-state index contributed by atoms with van der Waals surface area (Å²) >= 11 is 1.60. The van der Waals surface area contributed by atoms with E-state index in [1.54, 1.807) is 23.5 Å². The molecular formula is C23H22N4O2S. The van der Waals surface area contributed by atoms with E-state index in [9.17, 15) is 9.59 Å². The summed E-state index contributed by atoms with van der Waals surface area (Å²) in [6, 6.07) is 15.4. The van der Waals surface area contributed by atoms with Gasteiger partial charge in [0.05, 0.1) is 29.5 Å². The molecule has 7 heteroatoms. The summed E-state index contributed by atoms with van der Waals surface area (Å²) in [5, 5.41) is 4.46. The Morgan fingerprint density at radius 1 is 1.10 bits per heavy atom. The van der Waals surface area contributed by atoms with Crippen molar-refractivity contribution in [2.75, 3.05) is 0 Å². The SMILES string of the molecule is Cc1ccccc1-c1nc(C)c(CNC(=O)CCn2cnc3ccccc3c2=O)s1. The fraction of sp³-hybridized carbons (Fsp3) is 0.217. The Morgan fingerprint density at radius 2 is 1.87 bits per heavy atom. The highest BCUT2D eigenvalue weighted by Crippen LogP contribution is 2.29. The van der Waals surface area contributed by atoms with Crippen LogP contribution in [0.4, 0.5) is 0 Å². The number of fused-ring (bicyclic) bond motifs is 1. The Kier molecular flexibility index (Phi) is 5.72. The van der Waals surface area contributed by atoms with Gasteiger partial charge in [0.2, 0.25) is 5.91 Å². The van der Waals surface area contributed by atoms with Gasteiger partial charge in [-0.15, -0.1) is 11.3 Å². The quantitative estimate of drug-likeness (QED) is 0.516. The van der Waals surface area contributed by atoms with Crippen LogP contribution in [-0.2, 0) is 17.9 Å². The molecule has 0 atom stereocenters. The first kappa shape index (κ1) is 20.0. The Balaban J connectivity index is 1.38. The topological polar surface area (TPSA) is 76.9 Å². The third kappa shape index (κ3) is 4.16. The second-order valence-electron chi connectivity index (χ2n) is 7.13. The molecule has 0 radical (unpaired) electrons. The number of nitrogens with zero attached hydrogens (tertiary/aromatic N) is 3. The lowest BCUT2D eigenvalue weighted by molar-refractivity contribution is -0.121. The number of aromatic nitrogens is 3. The molecular weight excluding hydrogens is 396 g/mol. The summed E-state index contributed by atoms with van der Waals surface area (Å²) in [6.07, 6.45) is 1.71. The molecule has 0 saturated heterocycles. The Labute approximate surface area is 178 Å². The van der Waals surface area contributed by atoms with Crippen molar-refractivity contribution >= 4 is 28.1 Å². The standard InChI is InChI=1S/C23H22N4O2S/c1-15-7-3-4-8-17(15)22-26-16(2)20(30-22)13-24-21(28)11-12-27-14-25-19-10-6-5-9-18(19)23(27)29/h3-10,14H,11-13H2,1-2H3,(H,24,28). The van der Waals surface area contributed by atoms with Crippen molar-refractivity contribution in [2.24, 2.45) is 0 Å². The number of carbonyl (C=O) groups is 1. The first-order chi connectivity index (χ1) is 14.5. The molecule has 2 aromatic heterocycles. The van der Waals surface area contributed by atoms with Gasteiger partial charge < -0.3 is 5.32 Å². The molecule has 152 valence electrons. The lowest BCUT2D eigenvalue weighted by Crippen LogP contribution is -2.27. The second kappa shape index (κ2) is 8.59. The van der Waals surface area contributed by atoms with Crippen molar-refractivity contribution in [1.29, 1.82) is 0 Å². The van der Waals surface area contributed by atoms with E-state index in [-0.39, 0.29) is 17.9 Å². The molecule has 0 aliphatic rings. The molecule has 4 aromatic rings. The minimum absolute atomic E-state index is 0.111. The van der Waals surface area contributed by atoms with Crippen LogP contribution in [0.25, 0.3) is 21.5 Å². The highest BCUT2D eigenvalue weighted by atomic mass is 32.1. The number of para-hydroxylation sites is 1. The number of rotatable bonds is 6. The van der Waals surface area contributed by atoms with E-state index < -0.39 is 0 Å². The minimum atomic E-state index is -0.130. The lowest BCUT2D eigenvalue weighted by atomic mass is 10.1. The molecule has 0 fully saturated rings. The normalized spacial score (nSPS) is 11.0. The van der Waals surface area contributed by atoms with Crippen LogP contribution in [-0.4, -0.2) is 20.4 Å². The first-order valence-corrected chi connectivity index (χ1v) is 10.6. The number of thiazole rings is 1. The molecule has 0 aliphatic carbocycles. The highest BCUT2D eigenvalue weighted by Gasteiger charge is 2.12. The number of aryl methyl sites for hydroxylation is 3. The van der Waals surface area contributed by atoms with Crippen LogP contribution in [0, 0.1) is 13.8 Å². The fourth-order valence-corrected chi connectivity index (χ4v) is 4.37. The molecule has 2 aromatic carbocycles. The lowest BCUT2D eigenvalue weighted by Gasteiger charge is -2.07. The molecule has 0 saturated carbocycles. The van der Waals surface area contributed by atoms with Gasteiger partial charge in [0, 0.05) is 23.4 Å². The van der Waals surface area contributed by atoms with E-state index in [0.29, 0.717) is 24.0 Å². The zero-order valence-electron chi connectivity index (χ0n) is 16.9. The van der Waals surface area contributed by atoms with Crippen LogP contribution >= 0.6 is 11.3 Å². The van der Waals surface area contributed by atoms with Crippen molar-refractivity contribution in [3.8, 4) is 10.6 Å². The molecule has 30 heavy (non-hydrogen) atoms. The molecule has 0 unspecified atom stereocenters.